The molecule has 0 amide bonds. The lowest BCUT2D eigenvalue weighted by Crippen LogP contribution is -2.15. The minimum atomic E-state index is 0.788. The van der Waals surface area contributed by atoms with Crippen molar-refractivity contribution in [3.8, 4) is 0 Å². The fraction of sp³-hybridized carbons (Fsp3) is 0.400. The molecule has 0 unspecified atom stereocenters. The van der Waals surface area contributed by atoms with Crippen LogP contribution in [0, 0.1) is 0 Å². The van der Waals surface area contributed by atoms with Gasteiger partial charge in [-0.1, -0.05) is 17.7 Å². The van der Waals surface area contributed by atoms with Gasteiger partial charge in [0.05, 0.1) is 5.02 Å². The van der Waals surface area contributed by atoms with Crippen molar-refractivity contribution in [3.63, 3.8) is 0 Å². The zero-order valence-electron chi connectivity index (χ0n) is 7.29. The van der Waals surface area contributed by atoms with Gasteiger partial charge in [0.1, 0.15) is 0 Å². The Balaban J connectivity index is 1.75. The fourth-order valence-electron chi connectivity index (χ4n) is 1.11. The summed E-state index contributed by atoms with van der Waals surface area (Å²) in [5.41, 5.74) is 0. The maximum absolute atomic E-state index is 5.79. The van der Waals surface area contributed by atoms with E-state index in [9.17, 15) is 0 Å². The van der Waals surface area contributed by atoms with Crippen LogP contribution >= 0.6 is 22.9 Å². The van der Waals surface area contributed by atoms with E-state index in [2.05, 4.69) is 17.5 Å². The monoisotopic (exact) mass is 213 g/mol. The summed E-state index contributed by atoms with van der Waals surface area (Å²) in [6.07, 6.45) is 6.96. The van der Waals surface area contributed by atoms with Crippen molar-refractivity contribution in [2.45, 2.75) is 18.9 Å². The number of rotatable bonds is 4. The van der Waals surface area contributed by atoms with Crippen LogP contribution in [0.2, 0.25) is 5.02 Å². The number of halogens is 1. The van der Waals surface area contributed by atoms with E-state index in [1.165, 1.54) is 17.7 Å². The first-order chi connectivity index (χ1) is 6.34. The zero-order chi connectivity index (χ0) is 9.10. The standard InChI is InChI=1S/C10H12ClNS/c11-8-6-10(13-7-8)2-1-5-12-9-3-4-9/h1-2,6-7,9,12H,3-5H2. The minimum absolute atomic E-state index is 0.788. The highest BCUT2D eigenvalue weighted by molar-refractivity contribution is 7.11. The smallest absolute Gasteiger partial charge is 0.0519 e. The number of hydrogen-bond acceptors (Lipinski definition) is 2. The van der Waals surface area contributed by atoms with Crippen LogP contribution in [-0.4, -0.2) is 12.6 Å². The molecule has 0 saturated heterocycles. The first kappa shape index (κ1) is 9.25. The van der Waals surface area contributed by atoms with E-state index >= 15 is 0 Å². The van der Waals surface area contributed by atoms with Gasteiger partial charge in [-0.3, -0.25) is 0 Å². The molecule has 70 valence electrons. The Kier molecular flexibility index (Phi) is 3.04. The van der Waals surface area contributed by atoms with Crippen LogP contribution in [0.1, 0.15) is 17.7 Å². The molecule has 0 aromatic carbocycles. The highest BCUT2D eigenvalue weighted by atomic mass is 35.5. The molecule has 1 aromatic heterocycles. The van der Waals surface area contributed by atoms with Crippen molar-refractivity contribution in [2.75, 3.05) is 6.54 Å². The molecule has 0 radical (unpaired) electrons. The zero-order valence-corrected chi connectivity index (χ0v) is 8.87. The molecule has 0 atom stereocenters. The Labute approximate surface area is 87.4 Å². The van der Waals surface area contributed by atoms with E-state index in [4.69, 9.17) is 11.6 Å². The topological polar surface area (TPSA) is 12.0 Å². The second kappa shape index (κ2) is 4.27. The third-order valence-electron chi connectivity index (χ3n) is 1.97. The van der Waals surface area contributed by atoms with E-state index in [0.717, 1.165) is 17.6 Å². The summed E-state index contributed by atoms with van der Waals surface area (Å²) in [5, 5.41) is 6.21. The Morgan fingerprint density at radius 2 is 2.46 bits per heavy atom. The van der Waals surface area contributed by atoms with Gasteiger partial charge in [-0.2, -0.15) is 0 Å². The average Bonchev–Trinajstić information content (AvgIpc) is 2.84. The van der Waals surface area contributed by atoms with Gasteiger partial charge < -0.3 is 5.32 Å². The van der Waals surface area contributed by atoms with Crippen LogP contribution in [0.25, 0.3) is 6.08 Å². The second-order valence-electron chi connectivity index (χ2n) is 3.25. The molecule has 1 fully saturated rings. The summed E-state index contributed by atoms with van der Waals surface area (Å²) in [5.74, 6) is 0. The maximum Gasteiger partial charge on any atom is 0.0519 e. The van der Waals surface area contributed by atoms with Crippen LogP contribution in [0.15, 0.2) is 17.5 Å². The fourth-order valence-corrected chi connectivity index (χ4v) is 2.12. The minimum Gasteiger partial charge on any atom is -0.311 e. The lowest BCUT2D eigenvalue weighted by molar-refractivity contribution is 0.754. The van der Waals surface area contributed by atoms with Crippen LogP contribution in [0.3, 0.4) is 0 Å². The van der Waals surface area contributed by atoms with Crippen molar-refractivity contribution in [3.05, 3.63) is 27.4 Å². The third kappa shape index (κ3) is 3.14. The summed E-state index contributed by atoms with van der Waals surface area (Å²) < 4.78 is 0. The lowest BCUT2D eigenvalue weighted by Gasteiger charge is -1.93. The van der Waals surface area contributed by atoms with E-state index < -0.39 is 0 Å². The average molecular weight is 214 g/mol. The molecular formula is C10H12ClNS. The summed E-state index contributed by atoms with van der Waals surface area (Å²) in [6, 6.07) is 2.77. The summed E-state index contributed by atoms with van der Waals surface area (Å²) in [7, 11) is 0. The van der Waals surface area contributed by atoms with Crippen molar-refractivity contribution in [2.24, 2.45) is 0 Å². The summed E-state index contributed by atoms with van der Waals surface area (Å²) in [6.45, 7) is 0.972. The summed E-state index contributed by atoms with van der Waals surface area (Å²) >= 11 is 7.47. The van der Waals surface area contributed by atoms with E-state index in [1.807, 2.05) is 11.4 Å². The molecule has 1 aromatic rings. The van der Waals surface area contributed by atoms with Crippen LogP contribution in [0.4, 0.5) is 0 Å². The van der Waals surface area contributed by atoms with Gasteiger partial charge in [-0.05, 0) is 25.0 Å². The molecule has 1 saturated carbocycles. The van der Waals surface area contributed by atoms with Gasteiger partial charge in [-0.15, -0.1) is 11.3 Å². The summed E-state index contributed by atoms with van der Waals surface area (Å²) in [4.78, 5) is 1.22. The van der Waals surface area contributed by atoms with Crippen molar-refractivity contribution in [1.29, 1.82) is 0 Å². The lowest BCUT2D eigenvalue weighted by atomic mass is 10.4. The molecule has 3 heteroatoms. The largest absolute Gasteiger partial charge is 0.311 e. The molecule has 1 aliphatic carbocycles. The van der Waals surface area contributed by atoms with Crippen molar-refractivity contribution in [1.82, 2.24) is 5.32 Å². The Morgan fingerprint density at radius 1 is 1.62 bits per heavy atom. The van der Waals surface area contributed by atoms with Crippen LogP contribution in [0.5, 0.6) is 0 Å². The number of thiophene rings is 1. The molecule has 0 aliphatic heterocycles. The second-order valence-corrected chi connectivity index (χ2v) is 4.63. The maximum atomic E-state index is 5.79. The van der Waals surface area contributed by atoms with E-state index in [-0.39, 0.29) is 0 Å². The highest BCUT2D eigenvalue weighted by Crippen LogP contribution is 2.20. The molecule has 2 rings (SSSR count). The molecular weight excluding hydrogens is 202 g/mol. The molecule has 1 aliphatic rings. The third-order valence-corrected chi connectivity index (χ3v) is 3.22. The molecule has 13 heavy (non-hydrogen) atoms. The first-order valence-corrected chi connectivity index (χ1v) is 5.74. The molecule has 1 N–H and O–H groups in total. The van der Waals surface area contributed by atoms with Gasteiger partial charge in [0.2, 0.25) is 0 Å². The SMILES string of the molecule is Clc1csc(C=CCNC2CC2)c1. The number of nitrogens with one attached hydrogen (secondary N) is 1. The molecule has 0 bridgehead atoms. The number of hydrogen-bond donors (Lipinski definition) is 1. The molecule has 0 spiro atoms. The Hall–Kier alpha value is -0.310. The molecule has 1 nitrogen and oxygen atoms in total. The Bertz CT molecular complexity index is 302. The van der Waals surface area contributed by atoms with Crippen LogP contribution in [-0.2, 0) is 0 Å². The first-order valence-electron chi connectivity index (χ1n) is 4.48. The van der Waals surface area contributed by atoms with Gasteiger partial charge in [0, 0.05) is 22.8 Å². The normalized spacial score (nSPS) is 17.0. The quantitative estimate of drug-likeness (QED) is 0.810. The van der Waals surface area contributed by atoms with Crippen molar-refractivity contribution < 1.29 is 0 Å². The predicted octanol–water partition coefficient (Wildman–Crippen LogP) is 3.17. The van der Waals surface area contributed by atoms with Gasteiger partial charge in [0.15, 0.2) is 0 Å². The van der Waals surface area contributed by atoms with Crippen LogP contribution < -0.4 is 5.32 Å². The van der Waals surface area contributed by atoms with E-state index in [1.54, 1.807) is 11.3 Å². The Morgan fingerprint density at radius 3 is 3.08 bits per heavy atom. The predicted molar refractivity (Wildman–Crippen MR) is 59.4 cm³/mol. The van der Waals surface area contributed by atoms with E-state index in [0.29, 0.717) is 0 Å². The molecule has 1 heterocycles. The van der Waals surface area contributed by atoms with Crippen molar-refractivity contribution >= 4 is 29.0 Å². The van der Waals surface area contributed by atoms with Gasteiger partial charge >= 0.3 is 0 Å². The highest BCUT2D eigenvalue weighted by Gasteiger charge is 2.18. The van der Waals surface area contributed by atoms with Gasteiger partial charge in [-0.25, -0.2) is 0 Å². The van der Waals surface area contributed by atoms with Gasteiger partial charge in [0.25, 0.3) is 0 Å².